The largest absolute Gasteiger partial charge is 0.481 e. The van der Waals surface area contributed by atoms with Gasteiger partial charge < -0.3 is 15.2 Å². The summed E-state index contributed by atoms with van der Waals surface area (Å²) < 4.78 is 18.4. The number of aliphatic carboxylic acids is 1. The van der Waals surface area contributed by atoms with Gasteiger partial charge in [-0.05, 0) is 42.7 Å². The highest BCUT2D eigenvalue weighted by Crippen LogP contribution is 2.44. The molecule has 0 aliphatic heterocycles. The second-order valence-electron chi connectivity index (χ2n) is 6.45. The number of nitrogens with one attached hydrogen (secondary N) is 1. The smallest absolute Gasteiger partial charge is 0.310 e. The molecule has 1 aliphatic rings. The molecule has 1 aliphatic carbocycles. The van der Waals surface area contributed by atoms with Crippen molar-refractivity contribution in [3.05, 3.63) is 54.0 Å². The molecule has 1 saturated carbocycles. The minimum absolute atomic E-state index is 0.00151. The van der Waals surface area contributed by atoms with E-state index in [0.717, 1.165) is 12.0 Å². The Bertz CT molecular complexity index is 786. The highest BCUT2D eigenvalue weighted by atomic mass is 19.1. The number of hydrogen-bond donors (Lipinski definition) is 2. The van der Waals surface area contributed by atoms with Crippen molar-refractivity contribution in [3.8, 4) is 11.6 Å². The maximum absolute atomic E-state index is 12.9. The lowest BCUT2D eigenvalue weighted by Gasteiger charge is -2.36. The minimum atomic E-state index is -0.900. The number of amides is 1. The van der Waals surface area contributed by atoms with Crippen molar-refractivity contribution in [1.82, 2.24) is 10.3 Å². The van der Waals surface area contributed by atoms with Crippen LogP contribution in [-0.2, 0) is 16.1 Å². The Morgan fingerprint density at radius 1 is 1.19 bits per heavy atom. The number of carbonyl (C=O) groups excluding carboxylic acids is 1. The Hall–Kier alpha value is -2.96. The van der Waals surface area contributed by atoms with Crippen LogP contribution < -0.4 is 10.1 Å². The van der Waals surface area contributed by atoms with Crippen LogP contribution in [-0.4, -0.2) is 22.0 Å². The monoisotopic (exact) mass is 358 g/mol. The van der Waals surface area contributed by atoms with Crippen molar-refractivity contribution in [1.29, 1.82) is 0 Å². The van der Waals surface area contributed by atoms with Gasteiger partial charge in [0.15, 0.2) is 0 Å². The predicted octanol–water partition coefficient (Wildman–Crippen LogP) is 3.27. The third kappa shape index (κ3) is 4.17. The van der Waals surface area contributed by atoms with Crippen molar-refractivity contribution in [3.63, 3.8) is 0 Å². The molecule has 1 amide bonds. The summed E-state index contributed by atoms with van der Waals surface area (Å²) in [6, 6.07) is 9.00. The third-order valence-electron chi connectivity index (χ3n) is 4.59. The molecule has 1 aromatic carbocycles. The molecule has 0 saturated heterocycles. The van der Waals surface area contributed by atoms with Crippen LogP contribution in [0.5, 0.6) is 11.6 Å². The first-order valence-corrected chi connectivity index (χ1v) is 8.35. The molecule has 1 heterocycles. The zero-order chi connectivity index (χ0) is 18.6. The molecule has 0 radical (unpaired) electrons. The summed E-state index contributed by atoms with van der Waals surface area (Å²) in [5.74, 6) is -0.699. The number of benzene rings is 1. The van der Waals surface area contributed by atoms with Gasteiger partial charge in [-0.2, -0.15) is 0 Å². The van der Waals surface area contributed by atoms with Gasteiger partial charge in [-0.25, -0.2) is 9.37 Å². The summed E-state index contributed by atoms with van der Waals surface area (Å²) in [5.41, 5.74) is -0.127. The quantitative estimate of drug-likeness (QED) is 0.793. The average molecular weight is 358 g/mol. The molecule has 0 spiro atoms. The summed E-state index contributed by atoms with van der Waals surface area (Å²) in [4.78, 5) is 27.5. The van der Waals surface area contributed by atoms with Crippen molar-refractivity contribution >= 4 is 11.9 Å². The van der Waals surface area contributed by atoms with Crippen molar-refractivity contribution in [2.75, 3.05) is 0 Å². The van der Waals surface area contributed by atoms with Crippen LogP contribution in [0.1, 0.15) is 31.2 Å². The van der Waals surface area contributed by atoms with Crippen LogP contribution in [0.25, 0.3) is 0 Å². The predicted molar refractivity (Wildman–Crippen MR) is 91.1 cm³/mol. The first-order chi connectivity index (χ1) is 12.5. The van der Waals surface area contributed by atoms with Gasteiger partial charge in [0.2, 0.25) is 11.8 Å². The van der Waals surface area contributed by atoms with Crippen LogP contribution in [0, 0.1) is 11.2 Å². The molecule has 0 atom stereocenters. The molecule has 1 fully saturated rings. The van der Waals surface area contributed by atoms with Crippen LogP contribution >= 0.6 is 0 Å². The van der Waals surface area contributed by atoms with E-state index >= 15 is 0 Å². The number of halogens is 1. The number of pyridine rings is 1. The lowest BCUT2D eigenvalue weighted by atomic mass is 9.66. The van der Waals surface area contributed by atoms with E-state index in [0.29, 0.717) is 24.5 Å². The molecule has 6 nitrogen and oxygen atoms in total. The maximum atomic E-state index is 12.9. The lowest BCUT2D eigenvalue weighted by Crippen LogP contribution is -2.42. The van der Waals surface area contributed by atoms with E-state index in [9.17, 15) is 19.1 Å². The number of carboxylic acid groups (broad SMARTS) is 1. The number of nitrogens with zero attached hydrogens (tertiary/aromatic N) is 1. The van der Waals surface area contributed by atoms with Crippen molar-refractivity contribution in [2.45, 2.75) is 32.2 Å². The Kier molecular flexibility index (Phi) is 5.16. The summed E-state index contributed by atoms with van der Waals surface area (Å²) >= 11 is 0. The zero-order valence-electron chi connectivity index (χ0n) is 14.1. The number of rotatable bonds is 7. The third-order valence-corrected chi connectivity index (χ3v) is 4.59. The summed E-state index contributed by atoms with van der Waals surface area (Å²) in [6.45, 7) is 0.262. The molecular formula is C19H19FN2O4. The van der Waals surface area contributed by atoms with E-state index in [1.165, 1.54) is 24.3 Å². The first kappa shape index (κ1) is 17.8. The number of carboxylic acids is 1. The van der Waals surface area contributed by atoms with E-state index in [4.69, 9.17) is 4.74 Å². The summed E-state index contributed by atoms with van der Waals surface area (Å²) in [6.07, 6.45) is 3.51. The average Bonchev–Trinajstić information content (AvgIpc) is 2.59. The van der Waals surface area contributed by atoms with E-state index < -0.39 is 11.4 Å². The standard InChI is InChI=1S/C19H19FN2O4/c20-14-3-5-15(6-4-14)26-17-7-2-13(12-22-17)11-21-16(23)10-19(18(24)25)8-1-9-19/h2-7,12H,1,8-11H2,(H,21,23)(H,24,25). The second-order valence-corrected chi connectivity index (χ2v) is 6.45. The molecule has 26 heavy (non-hydrogen) atoms. The Labute approximate surface area is 150 Å². The normalized spacial score (nSPS) is 15.0. The molecular weight excluding hydrogens is 339 g/mol. The van der Waals surface area contributed by atoms with E-state index in [1.54, 1.807) is 18.3 Å². The fraction of sp³-hybridized carbons (Fsp3) is 0.316. The van der Waals surface area contributed by atoms with Crippen molar-refractivity contribution < 1.29 is 23.8 Å². The maximum Gasteiger partial charge on any atom is 0.310 e. The van der Waals surface area contributed by atoms with E-state index in [-0.39, 0.29) is 24.7 Å². The van der Waals surface area contributed by atoms with Gasteiger partial charge in [-0.15, -0.1) is 0 Å². The van der Waals surface area contributed by atoms with Crippen LogP contribution in [0.3, 0.4) is 0 Å². The summed E-state index contributed by atoms with van der Waals surface area (Å²) in [7, 11) is 0. The van der Waals surface area contributed by atoms with Gasteiger partial charge in [-0.3, -0.25) is 9.59 Å². The second kappa shape index (κ2) is 7.51. The number of ether oxygens (including phenoxy) is 1. The fourth-order valence-corrected chi connectivity index (χ4v) is 2.84. The Morgan fingerprint density at radius 2 is 1.92 bits per heavy atom. The van der Waals surface area contributed by atoms with E-state index in [2.05, 4.69) is 10.3 Å². The fourth-order valence-electron chi connectivity index (χ4n) is 2.84. The lowest BCUT2D eigenvalue weighted by molar-refractivity contribution is -0.157. The van der Waals surface area contributed by atoms with Crippen molar-refractivity contribution in [2.24, 2.45) is 5.41 Å². The van der Waals surface area contributed by atoms with Gasteiger partial charge in [0.1, 0.15) is 11.6 Å². The highest BCUT2D eigenvalue weighted by Gasteiger charge is 2.45. The first-order valence-electron chi connectivity index (χ1n) is 8.35. The molecule has 3 rings (SSSR count). The summed E-state index contributed by atoms with van der Waals surface area (Å²) in [5, 5.41) is 12.0. The molecule has 0 unspecified atom stereocenters. The molecule has 2 N–H and O–H groups in total. The van der Waals surface area contributed by atoms with Crippen LogP contribution in [0.4, 0.5) is 4.39 Å². The SMILES string of the molecule is O=C(CC1(C(=O)O)CCC1)NCc1ccc(Oc2ccc(F)cc2)nc1. The molecule has 1 aromatic heterocycles. The van der Waals surface area contributed by atoms with Crippen LogP contribution in [0.2, 0.25) is 0 Å². The van der Waals surface area contributed by atoms with Gasteiger partial charge in [0, 0.05) is 25.2 Å². The molecule has 2 aromatic rings. The number of aromatic nitrogens is 1. The van der Waals surface area contributed by atoms with Crippen LogP contribution in [0.15, 0.2) is 42.6 Å². The Morgan fingerprint density at radius 3 is 2.46 bits per heavy atom. The van der Waals surface area contributed by atoms with Gasteiger partial charge in [0.25, 0.3) is 0 Å². The highest BCUT2D eigenvalue weighted by molar-refractivity contribution is 5.85. The number of hydrogen-bond acceptors (Lipinski definition) is 4. The van der Waals surface area contributed by atoms with Gasteiger partial charge >= 0.3 is 5.97 Å². The number of carbonyl (C=O) groups is 2. The zero-order valence-corrected chi connectivity index (χ0v) is 14.1. The van der Waals surface area contributed by atoms with Gasteiger partial charge in [-0.1, -0.05) is 12.5 Å². The molecule has 7 heteroatoms. The van der Waals surface area contributed by atoms with E-state index in [1.807, 2.05) is 0 Å². The minimum Gasteiger partial charge on any atom is -0.481 e. The Balaban J connectivity index is 1.50. The molecule has 0 bridgehead atoms. The topological polar surface area (TPSA) is 88.5 Å². The molecule has 136 valence electrons. The van der Waals surface area contributed by atoms with Gasteiger partial charge in [0.05, 0.1) is 5.41 Å².